The highest BCUT2D eigenvalue weighted by Crippen LogP contribution is 2.27. The minimum atomic E-state index is -4.76. The maximum absolute atomic E-state index is 12.4. The largest absolute Gasteiger partial charge is 0.573 e. The van der Waals surface area contributed by atoms with Crippen molar-refractivity contribution in [2.75, 3.05) is 38.1 Å². The van der Waals surface area contributed by atoms with Crippen molar-refractivity contribution >= 4 is 5.82 Å². The van der Waals surface area contributed by atoms with E-state index in [2.05, 4.69) is 48.0 Å². The molecular formula is C23H24F3N8O2+. The zero-order valence-corrected chi connectivity index (χ0v) is 19.7. The predicted octanol–water partition coefficient (Wildman–Crippen LogP) is 1.98. The van der Waals surface area contributed by atoms with Crippen molar-refractivity contribution in [2.45, 2.75) is 19.8 Å². The molecule has 0 saturated carbocycles. The van der Waals surface area contributed by atoms with E-state index in [0.29, 0.717) is 17.9 Å². The number of piperazine rings is 1. The van der Waals surface area contributed by atoms with Crippen LogP contribution < -0.4 is 14.5 Å². The van der Waals surface area contributed by atoms with E-state index in [1.165, 1.54) is 29.2 Å². The first kappa shape index (κ1) is 23.7. The smallest absolute Gasteiger partial charge is 0.413 e. The van der Waals surface area contributed by atoms with Gasteiger partial charge in [-0.05, 0) is 48.9 Å². The van der Waals surface area contributed by atoms with Crippen LogP contribution in [0.1, 0.15) is 11.4 Å². The Labute approximate surface area is 204 Å². The Bertz CT molecular complexity index is 1330. The molecular weight excluding hydrogens is 477 g/mol. The van der Waals surface area contributed by atoms with E-state index in [9.17, 15) is 13.2 Å². The fraction of sp³-hybridized carbons (Fsp3) is 0.348. The summed E-state index contributed by atoms with van der Waals surface area (Å²) in [5, 5.41) is 12.5. The number of quaternary nitrogens is 1. The summed E-state index contributed by atoms with van der Waals surface area (Å²) in [6, 6.07) is 9.17. The number of ether oxygens (including phenoxy) is 1. The molecule has 1 aromatic carbocycles. The maximum Gasteiger partial charge on any atom is 0.573 e. The molecule has 0 atom stereocenters. The highest BCUT2D eigenvalue weighted by atomic mass is 19.4. The van der Waals surface area contributed by atoms with E-state index in [-0.39, 0.29) is 23.4 Å². The zero-order chi connectivity index (χ0) is 25.3. The van der Waals surface area contributed by atoms with Crippen LogP contribution in [0.15, 0.2) is 47.0 Å². The van der Waals surface area contributed by atoms with Crippen molar-refractivity contribution < 1.29 is 27.2 Å². The van der Waals surface area contributed by atoms with Crippen LogP contribution in [-0.4, -0.2) is 69.5 Å². The lowest BCUT2D eigenvalue weighted by Gasteiger charge is -2.31. The quantitative estimate of drug-likeness (QED) is 0.428. The van der Waals surface area contributed by atoms with Gasteiger partial charge >= 0.3 is 6.36 Å². The third-order valence-electron chi connectivity index (χ3n) is 5.89. The van der Waals surface area contributed by atoms with E-state index in [4.69, 9.17) is 4.42 Å². The minimum Gasteiger partial charge on any atom is -0.413 e. The molecule has 3 aromatic heterocycles. The van der Waals surface area contributed by atoms with Gasteiger partial charge in [0, 0.05) is 11.8 Å². The normalized spacial score (nSPS) is 14.9. The summed E-state index contributed by atoms with van der Waals surface area (Å²) in [5.41, 5.74) is 1.48. The first-order chi connectivity index (χ1) is 17.2. The number of hydrogen-bond acceptors (Lipinski definition) is 8. The van der Waals surface area contributed by atoms with Crippen LogP contribution in [0.3, 0.4) is 0 Å². The van der Waals surface area contributed by atoms with Crippen molar-refractivity contribution in [1.29, 1.82) is 0 Å². The number of aryl methyl sites for hydroxylation is 1. The topological polar surface area (TPSA) is 99.4 Å². The number of nitrogens with one attached hydrogen (secondary N) is 1. The first-order valence-electron chi connectivity index (χ1n) is 11.4. The van der Waals surface area contributed by atoms with Gasteiger partial charge in [0.1, 0.15) is 17.4 Å². The van der Waals surface area contributed by atoms with Gasteiger partial charge in [0.2, 0.25) is 11.7 Å². The van der Waals surface area contributed by atoms with Crippen LogP contribution in [0.4, 0.5) is 19.0 Å². The van der Waals surface area contributed by atoms with E-state index < -0.39 is 6.36 Å². The summed E-state index contributed by atoms with van der Waals surface area (Å²) in [7, 11) is 2.20. The Balaban J connectivity index is 1.29. The van der Waals surface area contributed by atoms with Gasteiger partial charge in [-0.25, -0.2) is 14.6 Å². The standard InChI is InChI=1S/C23H23F3N8O2/c1-15-28-20(22-30-29-21(35-22)17-3-5-18(6-4-17)36-23(24,25)26)31-34(15)14-16-7-8-27-19(13-16)33-11-9-32(2)10-12-33/h3-8,13H,9-12,14H2,1-2H3/p+1. The highest BCUT2D eigenvalue weighted by Gasteiger charge is 2.31. The molecule has 0 aliphatic carbocycles. The van der Waals surface area contributed by atoms with E-state index in [0.717, 1.165) is 37.6 Å². The van der Waals surface area contributed by atoms with Crippen molar-refractivity contribution in [2.24, 2.45) is 0 Å². The van der Waals surface area contributed by atoms with Crippen LogP contribution in [0.2, 0.25) is 0 Å². The van der Waals surface area contributed by atoms with Crippen molar-refractivity contribution in [3.8, 4) is 28.9 Å². The molecule has 188 valence electrons. The van der Waals surface area contributed by atoms with Crippen LogP contribution in [0.5, 0.6) is 5.75 Å². The molecule has 1 aliphatic heterocycles. The van der Waals surface area contributed by atoms with Gasteiger partial charge in [-0.1, -0.05) is 0 Å². The van der Waals surface area contributed by atoms with Gasteiger partial charge < -0.3 is 19.0 Å². The number of nitrogens with zero attached hydrogens (tertiary/aromatic N) is 7. The fourth-order valence-electron chi connectivity index (χ4n) is 3.91. The number of alkyl halides is 3. The summed E-state index contributed by atoms with van der Waals surface area (Å²) in [6.45, 7) is 6.41. The molecule has 1 fully saturated rings. The summed E-state index contributed by atoms with van der Waals surface area (Å²) >= 11 is 0. The third kappa shape index (κ3) is 5.46. The van der Waals surface area contributed by atoms with Crippen LogP contribution in [0, 0.1) is 6.92 Å². The van der Waals surface area contributed by atoms with Crippen molar-refractivity contribution in [3.63, 3.8) is 0 Å². The number of rotatable bonds is 6. The van der Waals surface area contributed by atoms with Gasteiger partial charge in [-0.15, -0.1) is 28.5 Å². The number of halogens is 3. The second-order valence-corrected chi connectivity index (χ2v) is 8.59. The number of pyridine rings is 1. The molecule has 0 bridgehead atoms. The number of benzene rings is 1. The minimum absolute atomic E-state index is 0.109. The summed E-state index contributed by atoms with van der Waals surface area (Å²) in [6.07, 6.45) is -2.96. The zero-order valence-electron chi connectivity index (χ0n) is 19.7. The summed E-state index contributed by atoms with van der Waals surface area (Å²) in [4.78, 5) is 12.8. The molecule has 1 saturated heterocycles. The lowest BCUT2D eigenvalue weighted by molar-refractivity contribution is -0.880. The number of hydrogen-bond donors (Lipinski definition) is 1. The Morgan fingerprint density at radius 2 is 1.78 bits per heavy atom. The molecule has 0 radical (unpaired) electrons. The van der Waals surface area contributed by atoms with Crippen LogP contribution in [-0.2, 0) is 6.54 Å². The average Bonchev–Trinajstić information content (AvgIpc) is 3.47. The molecule has 4 heterocycles. The first-order valence-corrected chi connectivity index (χ1v) is 11.4. The van der Waals surface area contributed by atoms with Crippen molar-refractivity contribution in [3.05, 3.63) is 54.0 Å². The van der Waals surface area contributed by atoms with E-state index >= 15 is 0 Å². The Hall–Kier alpha value is -4.00. The molecule has 1 aliphatic rings. The number of likely N-dealkylation sites (N-methyl/N-ethyl adjacent to an activating group) is 1. The van der Waals surface area contributed by atoms with Crippen molar-refractivity contribution in [1.82, 2.24) is 29.9 Å². The van der Waals surface area contributed by atoms with Gasteiger partial charge in [-0.2, -0.15) is 0 Å². The maximum atomic E-state index is 12.4. The monoisotopic (exact) mass is 501 g/mol. The van der Waals surface area contributed by atoms with Crippen LogP contribution >= 0.6 is 0 Å². The van der Waals surface area contributed by atoms with E-state index in [1.807, 2.05) is 13.0 Å². The fourth-order valence-corrected chi connectivity index (χ4v) is 3.91. The molecule has 5 rings (SSSR count). The molecule has 13 heteroatoms. The second-order valence-electron chi connectivity index (χ2n) is 8.59. The molecule has 4 aromatic rings. The third-order valence-corrected chi connectivity index (χ3v) is 5.89. The lowest BCUT2D eigenvalue weighted by Crippen LogP contribution is -3.12. The lowest BCUT2D eigenvalue weighted by atomic mass is 10.2. The predicted molar refractivity (Wildman–Crippen MR) is 122 cm³/mol. The second kappa shape index (κ2) is 9.57. The van der Waals surface area contributed by atoms with Gasteiger partial charge in [0.05, 0.1) is 39.8 Å². The molecule has 0 spiro atoms. The Morgan fingerprint density at radius 3 is 2.50 bits per heavy atom. The SMILES string of the molecule is Cc1nc(-c2nnc(-c3ccc(OC(F)(F)F)cc3)o2)nn1Cc1ccnc(N2CC[NH+](C)CC2)c1. The Kier molecular flexibility index (Phi) is 6.31. The highest BCUT2D eigenvalue weighted by molar-refractivity contribution is 5.55. The molecule has 0 amide bonds. The number of anilines is 1. The number of aromatic nitrogens is 6. The molecule has 0 unspecified atom stereocenters. The summed E-state index contributed by atoms with van der Waals surface area (Å²) < 4.78 is 48.4. The summed E-state index contributed by atoms with van der Waals surface area (Å²) in [5.74, 6) is 1.78. The van der Waals surface area contributed by atoms with E-state index in [1.54, 1.807) is 10.9 Å². The average molecular weight is 501 g/mol. The van der Waals surface area contributed by atoms with Gasteiger partial charge in [0.25, 0.3) is 5.89 Å². The van der Waals surface area contributed by atoms with Crippen LogP contribution in [0.25, 0.3) is 23.2 Å². The Morgan fingerprint density at radius 1 is 1.06 bits per heavy atom. The van der Waals surface area contributed by atoms with Gasteiger partial charge in [0.15, 0.2) is 0 Å². The molecule has 10 nitrogen and oxygen atoms in total. The molecule has 36 heavy (non-hydrogen) atoms. The molecule has 1 N–H and O–H groups in total. The van der Waals surface area contributed by atoms with Gasteiger partial charge in [-0.3, -0.25) is 0 Å².